The molecule has 0 aliphatic heterocycles. The molecule has 1 heterocycles. The van der Waals surface area contributed by atoms with E-state index in [-0.39, 0.29) is 18.6 Å². The monoisotopic (exact) mass is 231 g/mol. The molecule has 1 aromatic heterocycles. The third kappa shape index (κ3) is 2.51. The highest BCUT2D eigenvalue weighted by Gasteiger charge is 2.21. The van der Waals surface area contributed by atoms with Gasteiger partial charge in [0.2, 0.25) is 0 Å². The van der Waals surface area contributed by atoms with Gasteiger partial charge in [-0.15, -0.1) is 0 Å². The minimum absolute atomic E-state index is 0.0594. The highest BCUT2D eigenvalue weighted by molar-refractivity contribution is 6.30. The molecule has 0 unspecified atom stereocenters. The first-order chi connectivity index (χ1) is 6.99. The number of rotatable bonds is 4. The molecule has 0 saturated carbocycles. The maximum absolute atomic E-state index is 8.87. The summed E-state index contributed by atoms with van der Waals surface area (Å²) in [4.78, 5) is 0. The van der Waals surface area contributed by atoms with Crippen molar-refractivity contribution in [1.82, 2.24) is 9.78 Å². The first-order valence-corrected chi connectivity index (χ1v) is 5.45. The van der Waals surface area contributed by atoms with Gasteiger partial charge >= 0.3 is 0 Å². The molecule has 86 valence electrons. The second-order valence-electron chi connectivity index (χ2n) is 3.99. The van der Waals surface area contributed by atoms with Gasteiger partial charge in [0.1, 0.15) is 5.15 Å². The lowest BCUT2D eigenvalue weighted by molar-refractivity contribution is 0.276. The summed E-state index contributed by atoms with van der Waals surface area (Å²) >= 11 is 6.13. The van der Waals surface area contributed by atoms with Crippen molar-refractivity contribution >= 4 is 11.6 Å². The van der Waals surface area contributed by atoms with E-state index in [0.29, 0.717) is 11.6 Å². The Hall–Kier alpha value is -0.580. The van der Waals surface area contributed by atoms with Crippen LogP contribution in [0.1, 0.15) is 43.5 Å². The van der Waals surface area contributed by atoms with Crippen LogP contribution in [0.5, 0.6) is 0 Å². The topological polar surface area (TPSA) is 64.1 Å². The van der Waals surface area contributed by atoms with E-state index in [1.165, 1.54) is 0 Å². The van der Waals surface area contributed by atoms with E-state index in [9.17, 15) is 0 Å². The quantitative estimate of drug-likeness (QED) is 0.827. The van der Waals surface area contributed by atoms with E-state index in [1.807, 2.05) is 13.8 Å². The number of nitrogens with zero attached hydrogens (tertiary/aromatic N) is 2. The summed E-state index contributed by atoms with van der Waals surface area (Å²) in [6, 6.07) is -0.242. The molecule has 1 rings (SSSR count). The van der Waals surface area contributed by atoms with Crippen LogP contribution in [0.25, 0.3) is 0 Å². The summed E-state index contributed by atoms with van der Waals surface area (Å²) in [5.74, 6) is 0.281. The van der Waals surface area contributed by atoms with Crippen molar-refractivity contribution in [2.24, 2.45) is 12.8 Å². The summed E-state index contributed by atoms with van der Waals surface area (Å²) in [7, 11) is 1.80. The molecule has 0 saturated heterocycles. The molecule has 0 fully saturated rings. The van der Waals surface area contributed by atoms with E-state index in [0.717, 1.165) is 11.3 Å². The van der Waals surface area contributed by atoms with Crippen molar-refractivity contribution in [3.8, 4) is 0 Å². The van der Waals surface area contributed by atoms with Gasteiger partial charge in [0.25, 0.3) is 0 Å². The van der Waals surface area contributed by atoms with E-state index in [2.05, 4.69) is 5.10 Å². The fraction of sp³-hybridized carbons (Fsp3) is 0.700. The number of hydrogen-bond donors (Lipinski definition) is 2. The fourth-order valence-corrected chi connectivity index (χ4v) is 1.87. The molecule has 3 N–H and O–H groups in total. The molecule has 0 aliphatic rings. The van der Waals surface area contributed by atoms with Gasteiger partial charge in [-0.3, -0.25) is 4.68 Å². The van der Waals surface area contributed by atoms with Gasteiger partial charge in [-0.25, -0.2) is 0 Å². The van der Waals surface area contributed by atoms with Crippen LogP contribution in [-0.2, 0) is 7.05 Å². The standard InChI is InChI=1S/C10H18ClN3O/c1-6(2)9-8(7(12)4-5-15)10(11)14(3)13-9/h6-7,15H,4-5,12H2,1-3H3/t7-/m1/s1. The Morgan fingerprint density at radius 3 is 2.60 bits per heavy atom. The lowest BCUT2D eigenvalue weighted by Crippen LogP contribution is -2.14. The van der Waals surface area contributed by atoms with Crippen LogP contribution in [-0.4, -0.2) is 21.5 Å². The summed E-state index contributed by atoms with van der Waals surface area (Å²) in [5, 5.41) is 13.8. The Labute approximate surface area is 95.0 Å². The van der Waals surface area contributed by atoms with Gasteiger partial charge in [-0.1, -0.05) is 25.4 Å². The number of aliphatic hydroxyl groups excluding tert-OH is 1. The number of nitrogens with two attached hydrogens (primary N) is 1. The highest BCUT2D eigenvalue weighted by Crippen LogP contribution is 2.30. The zero-order valence-corrected chi connectivity index (χ0v) is 10.1. The maximum Gasteiger partial charge on any atom is 0.131 e. The molecule has 0 bridgehead atoms. The Morgan fingerprint density at radius 1 is 1.53 bits per heavy atom. The van der Waals surface area contributed by atoms with Gasteiger partial charge < -0.3 is 10.8 Å². The van der Waals surface area contributed by atoms with E-state index in [1.54, 1.807) is 11.7 Å². The van der Waals surface area contributed by atoms with Gasteiger partial charge in [0, 0.05) is 25.3 Å². The number of aliphatic hydroxyl groups is 1. The third-order valence-electron chi connectivity index (χ3n) is 2.40. The first kappa shape index (κ1) is 12.5. The van der Waals surface area contributed by atoms with Crippen LogP contribution in [0, 0.1) is 0 Å². The smallest absolute Gasteiger partial charge is 0.131 e. The third-order valence-corrected chi connectivity index (χ3v) is 2.85. The van der Waals surface area contributed by atoms with Crippen molar-refractivity contribution in [1.29, 1.82) is 0 Å². The van der Waals surface area contributed by atoms with Gasteiger partial charge in [-0.2, -0.15) is 5.10 Å². The lowest BCUT2D eigenvalue weighted by Gasteiger charge is -2.12. The van der Waals surface area contributed by atoms with Crippen LogP contribution in [0.4, 0.5) is 0 Å². The summed E-state index contributed by atoms with van der Waals surface area (Å²) in [6.45, 7) is 4.16. The second kappa shape index (κ2) is 4.96. The lowest BCUT2D eigenvalue weighted by atomic mass is 9.99. The molecular formula is C10H18ClN3O. The maximum atomic E-state index is 8.87. The zero-order valence-electron chi connectivity index (χ0n) is 9.37. The van der Waals surface area contributed by atoms with Crippen LogP contribution in [0.2, 0.25) is 5.15 Å². The summed E-state index contributed by atoms with van der Waals surface area (Å²) in [5.41, 5.74) is 7.74. The molecule has 0 radical (unpaired) electrons. The Balaban J connectivity index is 3.12. The molecule has 0 aliphatic carbocycles. The number of aryl methyl sites for hydroxylation is 1. The predicted molar refractivity (Wildman–Crippen MR) is 60.9 cm³/mol. The summed E-state index contributed by atoms with van der Waals surface area (Å²) in [6.07, 6.45) is 0.505. The van der Waals surface area contributed by atoms with Gasteiger partial charge in [0.15, 0.2) is 0 Å². The van der Waals surface area contributed by atoms with Crippen molar-refractivity contribution in [2.45, 2.75) is 32.2 Å². The molecule has 0 spiro atoms. The normalized spacial score (nSPS) is 13.5. The van der Waals surface area contributed by atoms with E-state index >= 15 is 0 Å². The Bertz CT molecular complexity index is 336. The number of hydrogen-bond acceptors (Lipinski definition) is 3. The molecular weight excluding hydrogens is 214 g/mol. The number of halogens is 1. The van der Waals surface area contributed by atoms with Crippen LogP contribution in [0.15, 0.2) is 0 Å². The van der Waals surface area contributed by atoms with E-state index in [4.69, 9.17) is 22.4 Å². The van der Waals surface area contributed by atoms with E-state index < -0.39 is 0 Å². The Morgan fingerprint density at radius 2 is 2.13 bits per heavy atom. The Kier molecular flexibility index (Phi) is 4.13. The first-order valence-electron chi connectivity index (χ1n) is 5.07. The molecule has 0 amide bonds. The van der Waals surface area contributed by atoms with Crippen molar-refractivity contribution in [3.63, 3.8) is 0 Å². The van der Waals surface area contributed by atoms with Crippen molar-refractivity contribution < 1.29 is 5.11 Å². The van der Waals surface area contributed by atoms with Crippen LogP contribution in [0.3, 0.4) is 0 Å². The molecule has 15 heavy (non-hydrogen) atoms. The number of aromatic nitrogens is 2. The second-order valence-corrected chi connectivity index (χ2v) is 4.34. The van der Waals surface area contributed by atoms with Crippen LogP contribution >= 0.6 is 11.6 Å². The largest absolute Gasteiger partial charge is 0.396 e. The zero-order chi connectivity index (χ0) is 11.6. The fourth-order valence-electron chi connectivity index (χ4n) is 1.59. The molecule has 0 aromatic carbocycles. The SMILES string of the molecule is CC(C)c1nn(C)c(Cl)c1[C@H](N)CCO. The minimum Gasteiger partial charge on any atom is -0.396 e. The molecule has 5 heteroatoms. The molecule has 4 nitrogen and oxygen atoms in total. The average molecular weight is 232 g/mol. The molecule has 1 atom stereocenters. The van der Waals surface area contributed by atoms with Crippen molar-refractivity contribution in [3.05, 3.63) is 16.4 Å². The summed E-state index contributed by atoms with van der Waals surface area (Å²) < 4.78 is 1.63. The van der Waals surface area contributed by atoms with Crippen molar-refractivity contribution in [2.75, 3.05) is 6.61 Å². The predicted octanol–water partition coefficient (Wildman–Crippen LogP) is 1.58. The molecule has 1 aromatic rings. The average Bonchev–Trinajstić information content (AvgIpc) is 2.44. The highest BCUT2D eigenvalue weighted by atomic mass is 35.5. The van der Waals surface area contributed by atoms with Gasteiger partial charge in [-0.05, 0) is 12.3 Å². The minimum atomic E-state index is -0.242. The van der Waals surface area contributed by atoms with Crippen LogP contribution < -0.4 is 5.73 Å². The van der Waals surface area contributed by atoms with Gasteiger partial charge in [0.05, 0.1) is 5.69 Å².